The molecular weight excluding hydrogens is 286 g/mol. The highest BCUT2D eigenvalue weighted by Gasteiger charge is 2.25. The average Bonchev–Trinajstić information content (AvgIpc) is 2.84. The van der Waals surface area contributed by atoms with E-state index in [1.54, 1.807) is 18.2 Å². The number of likely N-dealkylation sites (N-methyl/N-ethyl adjacent to an activating group) is 1. The molecule has 6 heteroatoms. The maximum Gasteiger partial charge on any atom is 0.240 e. The van der Waals surface area contributed by atoms with Crippen molar-refractivity contribution in [3.63, 3.8) is 0 Å². The highest BCUT2D eigenvalue weighted by Crippen LogP contribution is 2.15. The van der Waals surface area contributed by atoms with Crippen LogP contribution in [0.25, 0.3) is 0 Å². The molecule has 1 aliphatic rings. The van der Waals surface area contributed by atoms with Crippen LogP contribution in [0.15, 0.2) is 29.2 Å². The van der Waals surface area contributed by atoms with Gasteiger partial charge in [-0.3, -0.25) is 0 Å². The number of hydrogen-bond acceptors (Lipinski definition) is 4. The number of hydrogen-bond donors (Lipinski definition) is 2. The molecule has 1 unspecified atom stereocenters. The maximum atomic E-state index is 12.4. The second-order valence-corrected chi connectivity index (χ2v) is 7.41. The Bertz CT molecular complexity index is 560. The Kier molecular flexibility index (Phi) is 5.75. The van der Waals surface area contributed by atoms with Crippen LogP contribution in [0.3, 0.4) is 0 Å². The van der Waals surface area contributed by atoms with E-state index in [-0.39, 0.29) is 6.04 Å². The monoisotopic (exact) mass is 311 g/mol. The van der Waals surface area contributed by atoms with Crippen molar-refractivity contribution in [3.8, 4) is 0 Å². The molecule has 1 heterocycles. The summed E-state index contributed by atoms with van der Waals surface area (Å²) >= 11 is 0. The van der Waals surface area contributed by atoms with Gasteiger partial charge < -0.3 is 10.2 Å². The second-order valence-electron chi connectivity index (χ2n) is 5.69. The van der Waals surface area contributed by atoms with Gasteiger partial charge in [0.25, 0.3) is 0 Å². The van der Waals surface area contributed by atoms with Gasteiger partial charge >= 0.3 is 0 Å². The molecule has 0 radical (unpaired) electrons. The van der Waals surface area contributed by atoms with Gasteiger partial charge in [0.05, 0.1) is 4.90 Å². The van der Waals surface area contributed by atoms with E-state index in [2.05, 4.69) is 21.9 Å². The summed E-state index contributed by atoms with van der Waals surface area (Å²) in [5, 5.41) is 3.29. The van der Waals surface area contributed by atoms with Crippen LogP contribution >= 0.6 is 0 Å². The molecular formula is C15H25N3O2S. The molecule has 0 spiro atoms. The van der Waals surface area contributed by atoms with Crippen molar-refractivity contribution in [1.29, 1.82) is 0 Å². The molecule has 0 saturated carbocycles. The normalized spacial score (nSPS) is 20.0. The van der Waals surface area contributed by atoms with E-state index in [0.29, 0.717) is 11.4 Å². The van der Waals surface area contributed by atoms with Gasteiger partial charge in [0.2, 0.25) is 10.0 Å². The van der Waals surface area contributed by atoms with Crippen molar-refractivity contribution in [2.24, 2.45) is 0 Å². The minimum Gasteiger partial charge on any atom is -0.313 e. The topological polar surface area (TPSA) is 61.4 Å². The third-order valence-electron chi connectivity index (χ3n) is 3.68. The summed E-state index contributed by atoms with van der Waals surface area (Å²) in [6.07, 6.45) is 1.93. The average molecular weight is 311 g/mol. The Morgan fingerprint density at radius 3 is 2.86 bits per heavy atom. The molecule has 0 aliphatic carbocycles. The van der Waals surface area contributed by atoms with E-state index in [0.717, 1.165) is 38.0 Å². The standard InChI is InChI=1S/C15H25N3O2S/c1-3-8-16-11-13-5-4-6-15(10-13)21(19,20)17-14-7-9-18(2)12-14/h4-6,10,14,16-17H,3,7-9,11-12H2,1-2H3. The molecule has 2 N–H and O–H groups in total. The van der Waals surface area contributed by atoms with Crippen molar-refractivity contribution < 1.29 is 8.42 Å². The van der Waals surface area contributed by atoms with Gasteiger partial charge in [0, 0.05) is 19.1 Å². The molecule has 2 rings (SSSR count). The first-order valence-corrected chi connectivity index (χ1v) is 9.00. The molecule has 5 nitrogen and oxygen atoms in total. The molecule has 1 aromatic rings. The molecule has 1 aromatic carbocycles. The van der Waals surface area contributed by atoms with Gasteiger partial charge in [0.1, 0.15) is 0 Å². The predicted octanol–water partition coefficient (Wildman–Crippen LogP) is 1.17. The third kappa shape index (κ3) is 4.78. The number of benzene rings is 1. The van der Waals surface area contributed by atoms with Crippen molar-refractivity contribution in [2.75, 3.05) is 26.7 Å². The Morgan fingerprint density at radius 1 is 1.38 bits per heavy atom. The number of sulfonamides is 1. The van der Waals surface area contributed by atoms with Crippen LogP contribution in [-0.2, 0) is 16.6 Å². The fourth-order valence-electron chi connectivity index (χ4n) is 2.55. The summed E-state index contributed by atoms with van der Waals surface area (Å²) in [7, 11) is -1.42. The largest absolute Gasteiger partial charge is 0.313 e. The molecule has 118 valence electrons. The minimum absolute atomic E-state index is 0.0156. The molecule has 1 fully saturated rings. The minimum atomic E-state index is -3.42. The van der Waals surface area contributed by atoms with Crippen molar-refractivity contribution in [3.05, 3.63) is 29.8 Å². The number of nitrogens with one attached hydrogen (secondary N) is 2. The molecule has 0 bridgehead atoms. The van der Waals surface area contributed by atoms with Crippen LogP contribution in [0.5, 0.6) is 0 Å². The Labute approximate surface area is 127 Å². The van der Waals surface area contributed by atoms with Crippen LogP contribution in [0.4, 0.5) is 0 Å². The summed E-state index contributed by atoms with van der Waals surface area (Å²) in [5.74, 6) is 0. The number of likely N-dealkylation sites (tertiary alicyclic amines) is 1. The van der Waals surface area contributed by atoms with Crippen molar-refractivity contribution in [2.45, 2.75) is 37.2 Å². The smallest absolute Gasteiger partial charge is 0.240 e. The lowest BCUT2D eigenvalue weighted by molar-refractivity contribution is 0.407. The lowest BCUT2D eigenvalue weighted by Gasteiger charge is -2.14. The first-order chi connectivity index (χ1) is 10.0. The summed E-state index contributed by atoms with van der Waals surface area (Å²) in [6.45, 7) is 5.45. The van der Waals surface area contributed by atoms with Gasteiger partial charge in [-0.05, 0) is 50.7 Å². The molecule has 0 aromatic heterocycles. The lowest BCUT2D eigenvalue weighted by atomic mass is 10.2. The number of rotatable bonds is 7. The fraction of sp³-hybridized carbons (Fsp3) is 0.600. The summed E-state index contributed by atoms with van der Waals surface area (Å²) in [4.78, 5) is 2.49. The third-order valence-corrected chi connectivity index (χ3v) is 5.20. The summed E-state index contributed by atoms with van der Waals surface area (Å²) in [6, 6.07) is 7.18. The van der Waals surface area contributed by atoms with Gasteiger partial charge in [-0.2, -0.15) is 0 Å². The quantitative estimate of drug-likeness (QED) is 0.742. The van der Waals surface area contributed by atoms with Gasteiger partial charge in [0.15, 0.2) is 0 Å². The Balaban J connectivity index is 2.03. The van der Waals surface area contributed by atoms with E-state index in [1.807, 2.05) is 13.1 Å². The van der Waals surface area contributed by atoms with E-state index >= 15 is 0 Å². The summed E-state index contributed by atoms with van der Waals surface area (Å²) < 4.78 is 27.7. The van der Waals surface area contributed by atoms with Crippen molar-refractivity contribution in [1.82, 2.24) is 14.9 Å². The SMILES string of the molecule is CCCNCc1cccc(S(=O)(=O)NC2CCN(C)C2)c1. The second kappa shape index (κ2) is 7.35. The molecule has 21 heavy (non-hydrogen) atoms. The van der Waals surface area contributed by atoms with Crippen LogP contribution in [0.1, 0.15) is 25.3 Å². The van der Waals surface area contributed by atoms with Gasteiger partial charge in [-0.15, -0.1) is 0 Å². The molecule has 1 atom stereocenters. The van der Waals surface area contributed by atoms with Gasteiger partial charge in [-0.25, -0.2) is 13.1 Å². The van der Waals surface area contributed by atoms with Crippen LogP contribution in [0, 0.1) is 0 Å². The Morgan fingerprint density at radius 2 is 2.19 bits per heavy atom. The number of nitrogens with zero attached hydrogens (tertiary/aromatic N) is 1. The predicted molar refractivity (Wildman–Crippen MR) is 84.7 cm³/mol. The fourth-order valence-corrected chi connectivity index (χ4v) is 3.88. The Hall–Kier alpha value is -0.950. The lowest BCUT2D eigenvalue weighted by Crippen LogP contribution is -2.36. The highest BCUT2D eigenvalue weighted by molar-refractivity contribution is 7.89. The molecule has 0 amide bonds. The zero-order valence-corrected chi connectivity index (χ0v) is 13.6. The maximum absolute atomic E-state index is 12.4. The molecule has 1 saturated heterocycles. The van der Waals surface area contributed by atoms with Crippen LogP contribution in [0.2, 0.25) is 0 Å². The zero-order valence-electron chi connectivity index (χ0n) is 12.8. The zero-order chi connectivity index (χ0) is 15.3. The van der Waals surface area contributed by atoms with Crippen molar-refractivity contribution >= 4 is 10.0 Å². The van der Waals surface area contributed by atoms with E-state index in [4.69, 9.17) is 0 Å². The van der Waals surface area contributed by atoms with Crippen LogP contribution in [-0.4, -0.2) is 46.0 Å². The first kappa shape index (κ1) is 16.4. The van der Waals surface area contributed by atoms with E-state index in [9.17, 15) is 8.42 Å². The van der Waals surface area contributed by atoms with E-state index < -0.39 is 10.0 Å². The summed E-state index contributed by atoms with van der Waals surface area (Å²) in [5.41, 5.74) is 0.995. The van der Waals surface area contributed by atoms with Gasteiger partial charge in [-0.1, -0.05) is 19.1 Å². The van der Waals surface area contributed by atoms with Crippen LogP contribution < -0.4 is 10.0 Å². The molecule has 1 aliphatic heterocycles. The van der Waals surface area contributed by atoms with E-state index in [1.165, 1.54) is 0 Å². The first-order valence-electron chi connectivity index (χ1n) is 7.52. The highest BCUT2D eigenvalue weighted by atomic mass is 32.2.